The summed E-state index contributed by atoms with van der Waals surface area (Å²) in [7, 11) is -1.75. The Hall–Kier alpha value is -0.690. The van der Waals surface area contributed by atoms with Gasteiger partial charge in [-0.15, -0.1) is 0 Å². The summed E-state index contributed by atoms with van der Waals surface area (Å²) in [6.07, 6.45) is 2.66. The molecule has 0 atom stereocenters. The van der Waals surface area contributed by atoms with Crippen molar-refractivity contribution >= 4 is 26.0 Å². The van der Waals surface area contributed by atoms with Crippen LogP contribution in [0.25, 0.3) is 0 Å². The molecule has 1 aromatic rings. The largest absolute Gasteiger partial charge is 0.380 e. The zero-order chi connectivity index (χ0) is 13.9. The van der Waals surface area contributed by atoms with Crippen molar-refractivity contribution in [3.8, 4) is 0 Å². The highest BCUT2D eigenvalue weighted by atomic mass is 79.9. The van der Waals surface area contributed by atoms with E-state index in [0.29, 0.717) is 24.6 Å². The first-order valence-corrected chi connectivity index (χ1v) is 8.20. The monoisotopic (exact) mass is 345 g/mol. The molecule has 4 nitrogen and oxygen atoms in total. The van der Waals surface area contributed by atoms with Crippen LogP contribution in [0.1, 0.15) is 6.42 Å². The number of hydrogen-bond donors (Lipinski definition) is 0. The van der Waals surface area contributed by atoms with E-state index in [2.05, 4.69) is 15.9 Å². The van der Waals surface area contributed by atoms with Crippen LogP contribution in [-0.4, -0.2) is 39.5 Å². The standard InChI is InChI=1S/C13H16BrNO3S/c1-18-10-11-6-8-15(9-7-11)19(16,17)13-4-2-12(14)3-5-13/h2-6H,7-10H2,1H3. The molecule has 1 aromatic carbocycles. The van der Waals surface area contributed by atoms with Crippen molar-refractivity contribution in [2.75, 3.05) is 26.8 Å². The van der Waals surface area contributed by atoms with Gasteiger partial charge in [-0.25, -0.2) is 8.42 Å². The molecule has 0 spiro atoms. The van der Waals surface area contributed by atoms with Crippen LogP contribution < -0.4 is 0 Å². The average Bonchev–Trinajstić information content (AvgIpc) is 2.40. The smallest absolute Gasteiger partial charge is 0.243 e. The first-order chi connectivity index (χ1) is 9.04. The fraction of sp³-hybridized carbons (Fsp3) is 0.385. The van der Waals surface area contributed by atoms with Crippen LogP contribution in [0.15, 0.2) is 45.3 Å². The number of nitrogens with zero attached hydrogens (tertiary/aromatic N) is 1. The zero-order valence-electron chi connectivity index (χ0n) is 10.7. The Bertz CT molecular complexity index is 566. The summed E-state index contributed by atoms with van der Waals surface area (Å²) >= 11 is 3.30. The molecule has 19 heavy (non-hydrogen) atoms. The zero-order valence-corrected chi connectivity index (χ0v) is 13.1. The SMILES string of the molecule is COCC1=CCN(S(=O)(=O)c2ccc(Br)cc2)CC1. The van der Waals surface area contributed by atoms with E-state index in [1.165, 1.54) is 4.31 Å². The van der Waals surface area contributed by atoms with Crippen molar-refractivity contribution < 1.29 is 13.2 Å². The maximum absolute atomic E-state index is 12.4. The molecule has 0 saturated carbocycles. The predicted octanol–water partition coefficient (Wildman–Crippen LogP) is 2.42. The highest BCUT2D eigenvalue weighted by Gasteiger charge is 2.25. The lowest BCUT2D eigenvalue weighted by Gasteiger charge is -2.25. The molecule has 1 aliphatic rings. The quantitative estimate of drug-likeness (QED) is 0.787. The molecule has 2 rings (SSSR count). The molecule has 0 unspecified atom stereocenters. The van der Waals surface area contributed by atoms with Crippen molar-refractivity contribution in [1.82, 2.24) is 4.31 Å². The molecule has 6 heteroatoms. The lowest BCUT2D eigenvalue weighted by Crippen LogP contribution is -2.35. The van der Waals surface area contributed by atoms with Crippen LogP contribution in [0.4, 0.5) is 0 Å². The maximum Gasteiger partial charge on any atom is 0.243 e. The minimum Gasteiger partial charge on any atom is -0.380 e. The van der Waals surface area contributed by atoms with E-state index in [-0.39, 0.29) is 0 Å². The van der Waals surface area contributed by atoms with Gasteiger partial charge in [0.2, 0.25) is 10.0 Å². The van der Waals surface area contributed by atoms with Crippen molar-refractivity contribution in [3.05, 3.63) is 40.4 Å². The van der Waals surface area contributed by atoms with Gasteiger partial charge in [0.15, 0.2) is 0 Å². The first kappa shape index (κ1) is 14.7. The summed E-state index contributed by atoms with van der Waals surface area (Å²) in [5, 5.41) is 0. The van der Waals surface area contributed by atoms with Crippen molar-refractivity contribution in [2.24, 2.45) is 0 Å². The van der Waals surface area contributed by atoms with Crippen LogP contribution in [0.5, 0.6) is 0 Å². The van der Waals surface area contributed by atoms with Crippen LogP contribution in [0.3, 0.4) is 0 Å². The Kier molecular flexibility index (Phi) is 4.78. The van der Waals surface area contributed by atoms with Crippen LogP contribution >= 0.6 is 15.9 Å². The van der Waals surface area contributed by atoms with Crippen molar-refractivity contribution in [1.29, 1.82) is 0 Å². The van der Waals surface area contributed by atoms with Gasteiger partial charge in [-0.2, -0.15) is 4.31 Å². The van der Waals surface area contributed by atoms with E-state index < -0.39 is 10.0 Å². The van der Waals surface area contributed by atoms with E-state index in [4.69, 9.17) is 4.74 Å². The molecule has 0 N–H and O–H groups in total. The van der Waals surface area contributed by atoms with Crippen LogP contribution in [0, 0.1) is 0 Å². The molecule has 0 bridgehead atoms. The third kappa shape index (κ3) is 3.45. The number of methoxy groups -OCH3 is 1. The molecule has 0 fully saturated rings. The van der Waals surface area contributed by atoms with Crippen molar-refractivity contribution in [2.45, 2.75) is 11.3 Å². The maximum atomic E-state index is 12.4. The Morgan fingerprint density at radius 3 is 2.53 bits per heavy atom. The summed E-state index contributed by atoms with van der Waals surface area (Å²) in [4.78, 5) is 0.333. The Balaban J connectivity index is 2.16. The lowest BCUT2D eigenvalue weighted by atomic mass is 10.1. The minimum absolute atomic E-state index is 0.333. The third-order valence-electron chi connectivity index (χ3n) is 3.05. The highest BCUT2D eigenvalue weighted by Crippen LogP contribution is 2.22. The normalized spacial score (nSPS) is 17.3. The number of sulfonamides is 1. The molecule has 1 heterocycles. The summed E-state index contributed by atoms with van der Waals surface area (Å²) in [6.45, 7) is 1.50. The first-order valence-electron chi connectivity index (χ1n) is 5.96. The van der Waals surface area contributed by atoms with E-state index in [0.717, 1.165) is 16.5 Å². The van der Waals surface area contributed by atoms with Gasteiger partial charge in [0.1, 0.15) is 0 Å². The van der Waals surface area contributed by atoms with Gasteiger partial charge < -0.3 is 4.74 Å². The van der Waals surface area contributed by atoms with Gasteiger partial charge in [0.25, 0.3) is 0 Å². The molecular formula is C13H16BrNO3S. The number of benzene rings is 1. The molecule has 0 radical (unpaired) electrons. The van der Waals surface area contributed by atoms with E-state index >= 15 is 0 Å². The summed E-state index contributed by atoms with van der Waals surface area (Å²) in [5.74, 6) is 0. The number of halogens is 1. The topological polar surface area (TPSA) is 46.6 Å². The van der Waals surface area contributed by atoms with Gasteiger partial charge >= 0.3 is 0 Å². The number of ether oxygens (including phenoxy) is 1. The molecule has 0 saturated heterocycles. The van der Waals surface area contributed by atoms with Crippen LogP contribution in [0.2, 0.25) is 0 Å². The summed E-state index contributed by atoms with van der Waals surface area (Å²) < 4.78 is 32.2. The van der Waals surface area contributed by atoms with Gasteiger partial charge in [-0.1, -0.05) is 22.0 Å². The molecule has 0 aromatic heterocycles. The fourth-order valence-corrected chi connectivity index (χ4v) is 3.63. The van der Waals surface area contributed by atoms with Gasteiger partial charge in [-0.05, 0) is 36.3 Å². The van der Waals surface area contributed by atoms with E-state index in [9.17, 15) is 8.42 Å². The van der Waals surface area contributed by atoms with E-state index in [1.54, 1.807) is 31.4 Å². The van der Waals surface area contributed by atoms with E-state index in [1.807, 2.05) is 6.08 Å². The third-order valence-corrected chi connectivity index (χ3v) is 5.46. The molecule has 0 aliphatic carbocycles. The Morgan fingerprint density at radius 2 is 2.00 bits per heavy atom. The van der Waals surface area contributed by atoms with Gasteiger partial charge in [0.05, 0.1) is 11.5 Å². The van der Waals surface area contributed by atoms with Crippen molar-refractivity contribution in [3.63, 3.8) is 0 Å². The summed E-state index contributed by atoms with van der Waals surface area (Å²) in [6, 6.07) is 6.72. The number of hydrogen-bond acceptors (Lipinski definition) is 3. The average molecular weight is 346 g/mol. The molecular weight excluding hydrogens is 330 g/mol. The second-order valence-corrected chi connectivity index (χ2v) is 7.22. The van der Waals surface area contributed by atoms with Crippen LogP contribution in [-0.2, 0) is 14.8 Å². The lowest BCUT2D eigenvalue weighted by molar-refractivity contribution is 0.219. The molecule has 104 valence electrons. The summed E-state index contributed by atoms with van der Waals surface area (Å²) in [5.41, 5.74) is 1.16. The Morgan fingerprint density at radius 1 is 1.32 bits per heavy atom. The highest BCUT2D eigenvalue weighted by molar-refractivity contribution is 9.10. The number of rotatable bonds is 4. The second-order valence-electron chi connectivity index (χ2n) is 4.36. The van der Waals surface area contributed by atoms with Gasteiger partial charge in [-0.3, -0.25) is 0 Å². The fourth-order valence-electron chi connectivity index (χ4n) is 1.98. The minimum atomic E-state index is -3.39. The second kappa shape index (κ2) is 6.17. The molecule has 0 amide bonds. The van der Waals surface area contributed by atoms with Gasteiger partial charge in [0, 0.05) is 24.7 Å². The predicted molar refractivity (Wildman–Crippen MR) is 77.5 cm³/mol. The Labute approximate surface area is 122 Å². The molecule has 1 aliphatic heterocycles.